The highest BCUT2D eigenvalue weighted by Crippen LogP contribution is 2.35. The molecule has 0 unspecified atom stereocenters. The number of nitriles is 1. The SMILES string of the molecule is N#Cc1ccc(Br)c(OC(F)(F)F)c1C(=O)O. The number of aromatic carboxylic acids is 1. The summed E-state index contributed by atoms with van der Waals surface area (Å²) in [7, 11) is 0. The number of carboxylic acids is 1. The van der Waals surface area contributed by atoms with Gasteiger partial charge in [-0.15, -0.1) is 13.2 Å². The highest BCUT2D eigenvalue weighted by molar-refractivity contribution is 9.10. The first-order chi connectivity index (χ1) is 7.76. The molecule has 0 bridgehead atoms. The third kappa shape index (κ3) is 3.10. The van der Waals surface area contributed by atoms with Gasteiger partial charge in [-0.3, -0.25) is 0 Å². The van der Waals surface area contributed by atoms with Gasteiger partial charge in [-0.05, 0) is 28.1 Å². The zero-order valence-corrected chi connectivity index (χ0v) is 9.46. The van der Waals surface area contributed by atoms with Crippen LogP contribution in [0.5, 0.6) is 5.75 Å². The van der Waals surface area contributed by atoms with E-state index in [1.165, 1.54) is 6.07 Å². The van der Waals surface area contributed by atoms with E-state index >= 15 is 0 Å². The van der Waals surface area contributed by atoms with E-state index in [1.54, 1.807) is 0 Å². The van der Waals surface area contributed by atoms with E-state index in [1.807, 2.05) is 0 Å². The Morgan fingerprint density at radius 3 is 2.47 bits per heavy atom. The van der Waals surface area contributed by atoms with Gasteiger partial charge in [0.15, 0.2) is 5.75 Å². The maximum atomic E-state index is 12.1. The maximum Gasteiger partial charge on any atom is 0.573 e. The first-order valence-corrected chi connectivity index (χ1v) is 4.77. The lowest BCUT2D eigenvalue weighted by molar-refractivity contribution is -0.275. The molecule has 0 fully saturated rings. The number of ether oxygens (including phenoxy) is 1. The molecule has 1 rings (SSSR count). The molecule has 4 nitrogen and oxygen atoms in total. The van der Waals surface area contributed by atoms with Crippen molar-refractivity contribution in [2.75, 3.05) is 0 Å². The van der Waals surface area contributed by atoms with Crippen molar-refractivity contribution in [2.24, 2.45) is 0 Å². The molecular formula is C9H3BrF3NO3. The molecule has 90 valence electrons. The number of hydrogen-bond donors (Lipinski definition) is 1. The zero-order chi connectivity index (χ0) is 13.2. The molecule has 0 radical (unpaired) electrons. The molecule has 0 saturated heterocycles. The molecule has 1 aromatic rings. The van der Waals surface area contributed by atoms with Gasteiger partial charge in [0.25, 0.3) is 0 Å². The second-order valence-electron chi connectivity index (χ2n) is 2.76. The molecule has 0 aliphatic carbocycles. The van der Waals surface area contributed by atoms with Gasteiger partial charge in [-0.2, -0.15) is 5.26 Å². The number of carbonyl (C=O) groups is 1. The molecule has 0 atom stereocenters. The Labute approximate surface area is 101 Å². The fourth-order valence-electron chi connectivity index (χ4n) is 1.08. The van der Waals surface area contributed by atoms with Crippen molar-refractivity contribution in [1.82, 2.24) is 0 Å². The lowest BCUT2D eigenvalue weighted by Crippen LogP contribution is -2.20. The molecule has 0 heterocycles. The van der Waals surface area contributed by atoms with E-state index in [2.05, 4.69) is 20.7 Å². The number of rotatable bonds is 2. The minimum atomic E-state index is -5.04. The van der Waals surface area contributed by atoms with Crippen LogP contribution in [0.4, 0.5) is 13.2 Å². The summed E-state index contributed by atoms with van der Waals surface area (Å²) in [6, 6.07) is 3.66. The van der Waals surface area contributed by atoms with Gasteiger partial charge in [0, 0.05) is 0 Å². The summed E-state index contributed by atoms with van der Waals surface area (Å²) in [5.41, 5.74) is -1.25. The number of alkyl halides is 3. The van der Waals surface area contributed by atoms with E-state index < -0.39 is 29.2 Å². The number of hydrogen-bond acceptors (Lipinski definition) is 3. The number of benzene rings is 1. The van der Waals surface area contributed by atoms with Crippen molar-refractivity contribution >= 4 is 21.9 Å². The third-order valence-electron chi connectivity index (χ3n) is 1.66. The normalized spacial score (nSPS) is 10.8. The number of carboxylic acid groups (broad SMARTS) is 1. The van der Waals surface area contributed by atoms with E-state index in [4.69, 9.17) is 10.4 Å². The highest BCUT2D eigenvalue weighted by Gasteiger charge is 2.35. The third-order valence-corrected chi connectivity index (χ3v) is 2.29. The maximum absolute atomic E-state index is 12.1. The lowest BCUT2D eigenvalue weighted by Gasteiger charge is -2.13. The molecule has 0 aliphatic heterocycles. The van der Waals surface area contributed by atoms with Crippen LogP contribution in [0, 0.1) is 11.3 Å². The monoisotopic (exact) mass is 309 g/mol. The minimum absolute atomic E-state index is 0.203. The van der Waals surface area contributed by atoms with Gasteiger partial charge in [0.1, 0.15) is 11.6 Å². The molecule has 0 spiro atoms. The Kier molecular flexibility index (Phi) is 3.63. The van der Waals surface area contributed by atoms with Crippen LogP contribution in [0.25, 0.3) is 0 Å². The first kappa shape index (κ1) is 13.3. The van der Waals surface area contributed by atoms with Crippen molar-refractivity contribution in [3.05, 3.63) is 27.7 Å². The first-order valence-electron chi connectivity index (χ1n) is 3.98. The molecule has 0 aromatic heterocycles. The summed E-state index contributed by atoms with van der Waals surface area (Å²) in [5, 5.41) is 17.4. The zero-order valence-electron chi connectivity index (χ0n) is 7.88. The summed E-state index contributed by atoms with van der Waals surface area (Å²) in [4.78, 5) is 10.8. The summed E-state index contributed by atoms with van der Waals surface area (Å²) in [6.07, 6.45) is -5.04. The van der Waals surface area contributed by atoms with E-state index in [0.717, 1.165) is 12.1 Å². The summed E-state index contributed by atoms with van der Waals surface area (Å²) in [5.74, 6) is -2.62. The molecule has 1 aromatic carbocycles. The van der Waals surface area contributed by atoms with Crippen molar-refractivity contribution < 1.29 is 27.8 Å². The van der Waals surface area contributed by atoms with Gasteiger partial charge in [0.05, 0.1) is 10.0 Å². The molecule has 1 N–H and O–H groups in total. The number of halogens is 4. The molecule has 0 aliphatic rings. The quantitative estimate of drug-likeness (QED) is 0.912. The average Bonchev–Trinajstić information content (AvgIpc) is 2.18. The van der Waals surface area contributed by atoms with Gasteiger partial charge < -0.3 is 9.84 Å². The highest BCUT2D eigenvalue weighted by atomic mass is 79.9. The number of nitrogens with zero attached hydrogens (tertiary/aromatic N) is 1. The standard InChI is InChI=1S/C9H3BrF3NO3/c10-5-2-1-4(3-14)6(8(15)16)7(5)17-9(11,12)13/h1-2H,(H,15,16). The molecule has 8 heteroatoms. The van der Waals surface area contributed by atoms with Crippen LogP contribution in [-0.4, -0.2) is 17.4 Å². The minimum Gasteiger partial charge on any atom is -0.478 e. The van der Waals surface area contributed by atoms with Crippen LogP contribution in [0.1, 0.15) is 15.9 Å². The van der Waals surface area contributed by atoms with E-state index in [0.29, 0.717) is 0 Å². The van der Waals surface area contributed by atoms with Crippen molar-refractivity contribution in [2.45, 2.75) is 6.36 Å². The van der Waals surface area contributed by atoms with Crippen LogP contribution < -0.4 is 4.74 Å². The Morgan fingerprint density at radius 2 is 2.06 bits per heavy atom. The lowest BCUT2D eigenvalue weighted by atomic mass is 10.1. The fourth-order valence-corrected chi connectivity index (χ4v) is 1.49. The summed E-state index contributed by atoms with van der Waals surface area (Å²) < 4.78 is 39.6. The van der Waals surface area contributed by atoms with Crippen LogP contribution in [0.3, 0.4) is 0 Å². The van der Waals surface area contributed by atoms with Crippen molar-refractivity contribution in [1.29, 1.82) is 5.26 Å². The summed E-state index contributed by atoms with van der Waals surface area (Å²) >= 11 is 2.73. The van der Waals surface area contributed by atoms with Crippen LogP contribution in [0.2, 0.25) is 0 Å². The van der Waals surface area contributed by atoms with Crippen LogP contribution in [-0.2, 0) is 0 Å². The average molecular weight is 310 g/mol. The van der Waals surface area contributed by atoms with Gasteiger partial charge in [0.2, 0.25) is 0 Å². The Hall–Kier alpha value is -1.75. The summed E-state index contributed by atoms with van der Waals surface area (Å²) in [6.45, 7) is 0. The Bertz CT molecular complexity index is 507. The van der Waals surface area contributed by atoms with E-state index in [9.17, 15) is 18.0 Å². The topological polar surface area (TPSA) is 70.3 Å². The van der Waals surface area contributed by atoms with Crippen molar-refractivity contribution in [3.8, 4) is 11.8 Å². The molecule has 0 saturated carbocycles. The predicted molar refractivity (Wildman–Crippen MR) is 52.5 cm³/mol. The molecule has 0 amide bonds. The van der Waals surface area contributed by atoms with Crippen LogP contribution >= 0.6 is 15.9 Å². The Balaban J connectivity index is 3.46. The van der Waals surface area contributed by atoms with Gasteiger partial charge in [-0.25, -0.2) is 4.79 Å². The van der Waals surface area contributed by atoms with Gasteiger partial charge in [-0.1, -0.05) is 0 Å². The second kappa shape index (κ2) is 4.63. The van der Waals surface area contributed by atoms with Crippen molar-refractivity contribution in [3.63, 3.8) is 0 Å². The molecular weight excluding hydrogens is 307 g/mol. The van der Waals surface area contributed by atoms with Gasteiger partial charge >= 0.3 is 12.3 Å². The van der Waals surface area contributed by atoms with Crippen LogP contribution in [0.15, 0.2) is 16.6 Å². The Morgan fingerprint density at radius 1 is 1.47 bits per heavy atom. The van der Waals surface area contributed by atoms with E-state index in [-0.39, 0.29) is 4.47 Å². The smallest absolute Gasteiger partial charge is 0.478 e. The fraction of sp³-hybridized carbons (Fsp3) is 0.111. The largest absolute Gasteiger partial charge is 0.573 e. The molecule has 17 heavy (non-hydrogen) atoms. The second-order valence-corrected chi connectivity index (χ2v) is 3.62. The predicted octanol–water partition coefficient (Wildman–Crippen LogP) is 2.92.